The molecule has 0 spiro atoms. The topological polar surface area (TPSA) is 51.2 Å². The minimum Gasteiger partial charge on any atom is -0.494 e. The summed E-state index contributed by atoms with van der Waals surface area (Å²) in [5.74, 6) is 0.772. The molecule has 2 rings (SSSR count). The van der Waals surface area contributed by atoms with Gasteiger partial charge >= 0.3 is 0 Å². The second-order valence-corrected chi connectivity index (χ2v) is 6.49. The van der Waals surface area contributed by atoms with Crippen LogP contribution in [0.2, 0.25) is 5.02 Å². The molecule has 1 aromatic carbocycles. The fraction of sp³-hybridized carbons (Fsp3) is 0.375. The molecule has 4 nitrogen and oxygen atoms in total. The molecule has 0 bridgehead atoms. The van der Waals surface area contributed by atoms with Gasteiger partial charge < -0.3 is 10.1 Å². The van der Waals surface area contributed by atoms with Crippen molar-refractivity contribution in [2.75, 3.05) is 6.61 Å². The summed E-state index contributed by atoms with van der Waals surface area (Å²) in [6.07, 6.45) is 1.10. The number of carbonyl (C=O) groups is 1. The lowest BCUT2D eigenvalue weighted by molar-refractivity contribution is -0.122. The van der Waals surface area contributed by atoms with Gasteiger partial charge in [-0.3, -0.25) is 4.79 Å². The Morgan fingerprint density at radius 1 is 1.41 bits per heavy atom. The van der Waals surface area contributed by atoms with E-state index < -0.39 is 0 Å². The molecule has 0 saturated carbocycles. The largest absolute Gasteiger partial charge is 0.494 e. The number of benzene rings is 1. The van der Waals surface area contributed by atoms with E-state index in [0.29, 0.717) is 24.5 Å². The van der Waals surface area contributed by atoms with Crippen LogP contribution in [0.25, 0.3) is 0 Å². The van der Waals surface area contributed by atoms with Crippen LogP contribution in [0.1, 0.15) is 36.5 Å². The third-order valence-electron chi connectivity index (χ3n) is 3.09. The number of aryl methyl sites for hydroxylation is 1. The van der Waals surface area contributed by atoms with Gasteiger partial charge in [0.1, 0.15) is 5.75 Å². The normalized spacial score (nSPS) is 12.0. The molecule has 1 atom stereocenters. The number of rotatable bonds is 7. The molecule has 1 amide bonds. The molecule has 0 aliphatic heterocycles. The molecule has 0 fully saturated rings. The average Bonchev–Trinajstić information content (AvgIpc) is 2.92. The van der Waals surface area contributed by atoms with Crippen molar-refractivity contribution in [3.05, 3.63) is 45.4 Å². The van der Waals surface area contributed by atoms with Crippen LogP contribution in [0.3, 0.4) is 0 Å². The fourth-order valence-electron chi connectivity index (χ4n) is 1.92. The number of nitrogens with one attached hydrogen (secondary N) is 1. The Balaban J connectivity index is 1.66. The van der Waals surface area contributed by atoms with Gasteiger partial charge in [0.2, 0.25) is 5.91 Å². The van der Waals surface area contributed by atoms with Crippen LogP contribution < -0.4 is 10.1 Å². The van der Waals surface area contributed by atoms with Crippen molar-refractivity contribution in [1.29, 1.82) is 0 Å². The summed E-state index contributed by atoms with van der Waals surface area (Å²) >= 11 is 7.39. The van der Waals surface area contributed by atoms with Crippen LogP contribution in [0, 0.1) is 6.92 Å². The Hall–Kier alpha value is -1.59. The zero-order valence-corrected chi connectivity index (χ0v) is 14.2. The predicted octanol–water partition coefficient (Wildman–Crippen LogP) is 4.14. The highest BCUT2D eigenvalue weighted by Gasteiger charge is 2.11. The first-order chi connectivity index (χ1) is 10.5. The maximum atomic E-state index is 11.9. The van der Waals surface area contributed by atoms with Crippen molar-refractivity contribution < 1.29 is 9.53 Å². The van der Waals surface area contributed by atoms with Crippen LogP contribution in [-0.4, -0.2) is 17.5 Å². The molecule has 1 N–H and O–H groups in total. The lowest BCUT2D eigenvalue weighted by Crippen LogP contribution is -2.27. The molecule has 1 aromatic heterocycles. The van der Waals surface area contributed by atoms with Gasteiger partial charge in [0.15, 0.2) is 0 Å². The van der Waals surface area contributed by atoms with E-state index in [2.05, 4.69) is 10.3 Å². The van der Waals surface area contributed by atoms with Crippen molar-refractivity contribution in [1.82, 2.24) is 10.3 Å². The van der Waals surface area contributed by atoms with Gasteiger partial charge in [-0.1, -0.05) is 11.6 Å². The second-order valence-electron chi connectivity index (χ2n) is 4.99. The van der Waals surface area contributed by atoms with Crippen molar-refractivity contribution >= 4 is 28.8 Å². The van der Waals surface area contributed by atoms with Crippen molar-refractivity contribution in [2.45, 2.75) is 32.7 Å². The first kappa shape index (κ1) is 16.8. The number of ether oxygens (including phenoxy) is 1. The quantitative estimate of drug-likeness (QED) is 0.772. The third-order valence-corrected chi connectivity index (χ3v) is 4.13. The van der Waals surface area contributed by atoms with Crippen LogP contribution in [0.15, 0.2) is 29.6 Å². The lowest BCUT2D eigenvalue weighted by atomic mass is 10.2. The summed E-state index contributed by atoms with van der Waals surface area (Å²) in [7, 11) is 0. The summed E-state index contributed by atoms with van der Waals surface area (Å²) in [6, 6.07) is 7.13. The lowest BCUT2D eigenvalue weighted by Gasteiger charge is -2.12. The highest BCUT2D eigenvalue weighted by atomic mass is 35.5. The van der Waals surface area contributed by atoms with Crippen LogP contribution in [-0.2, 0) is 4.79 Å². The number of hydrogen-bond acceptors (Lipinski definition) is 4. The van der Waals surface area contributed by atoms with Crippen LogP contribution >= 0.6 is 22.9 Å². The molecule has 22 heavy (non-hydrogen) atoms. The smallest absolute Gasteiger partial charge is 0.220 e. The van der Waals surface area contributed by atoms with Crippen molar-refractivity contribution in [2.24, 2.45) is 0 Å². The summed E-state index contributed by atoms with van der Waals surface area (Å²) in [5.41, 5.74) is 0.910. The SMILES string of the molecule is Cc1nc(C(C)NC(=O)CCCOc2ccc(Cl)cc2)cs1. The fourth-order valence-corrected chi connectivity index (χ4v) is 2.75. The Morgan fingerprint density at radius 3 is 2.77 bits per heavy atom. The standard InChI is InChI=1S/C16H19ClN2O2S/c1-11(15-10-22-12(2)19-15)18-16(20)4-3-9-21-14-7-5-13(17)6-8-14/h5-8,10-11H,3-4,9H2,1-2H3,(H,18,20). The van der Waals surface area contributed by atoms with Gasteiger partial charge in [-0.15, -0.1) is 11.3 Å². The van der Waals surface area contributed by atoms with Gasteiger partial charge in [-0.05, 0) is 44.5 Å². The molecular weight excluding hydrogens is 320 g/mol. The molecule has 118 valence electrons. The van der Waals surface area contributed by atoms with Gasteiger partial charge in [0, 0.05) is 16.8 Å². The third kappa shape index (κ3) is 5.31. The molecule has 0 saturated heterocycles. The maximum absolute atomic E-state index is 11.9. The molecule has 1 heterocycles. The summed E-state index contributed by atoms with van der Waals surface area (Å²) in [5, 5.41) is 6.61. The van der Waals surface area contributed by atoms with E-state index in [1.165, 1.54) is 0 Å². The molecule has 2 aromatic rings. The van der Waals surface area contributed by atoms with E-state index in [0.717, 1.165) is 16.5 Å². The zero-order chi connectivity index (χ0) is 15.9. The molecule has 0 aliphatic rings. The summed E-state index contributed by atoms with van der Waals surface area (Å²) < 4.78 is 5.56. The molecule has 6 heteroatoms. The number of amides is 1. The zero-order valence-electron chi connectivity index (χ0n) is 12.6. The molecule has 1 unspecified atom stereocenters. The highest BCUT2D eigenvalue weighted by Crippen LogP contribution is 2.17. The van der Waals surface area contributed by atoms with E-state index in [4.69, 9.17) is 16.3 Å². The molecule has 0 aliphatic carbocycles. The Morgan fingerprint density at radius 2 is 2.14 bits per heavy atom. The maximum Gasteiger partial charge on any atom is 0.220 e. The van der Waals surface area contributed by atoms with E-state index in [-0.39, 0.29) is 11.9 Å². The highest BCUT2D eigenvalue weighted by molar-refractivity contribution is 7.09. The average molecular weight is 339 g/mol. The Labute approximate surface area is 139 Å². The number of thiazole rings is 1. The number of halogens is 1. The number of aromatic nitrogens is 1. The first-order valence-corrected chi connectivity index (χ1v) is 8.40. The van der Waals surface area contributed by atoms with Gasteiger partial charge in [-0.25, -0.2) is 4.98 Å². The monoisotopic (exact) mass is 338 g/mol. The molecule has 0 radical (unpaired) electrons. The van der Waals surface area contributed by atoms with Crippen molar-refractivity contribution in [3.63, 3.8) is 0 Å². The second kappa shape index (κ2) is 8.15. The van der Waals surface area contributed by atoms with Crippen LogP contribution in [0.4, 0.5) is 0 Å². The van der Waals surface area contributed by atoms with Gasteiger partial charge in [-0.2, -0.15) is 0 Å². The first-order valence-electron chi connectivity index (χ1n) is 7.14. The Kier molecular flexibility index (Phi) is 6.21. The number of nitrogens with zero attached hydrogens (tertiary/aromatic N) is 1. The van der Waals surface area contributed by atoms with Gasteiger partial charge in [0.05, 0.1) is 23.4 Å². The number of hydrogen-bond donors (Lipinski definition) is 1. The molecular formula is C16H19ClN2O2S. The number of carbonyl (C=O) groups excluding carboxylic acids is 1. The van der Waals surface area contributed by atoms with Gasteiger partial charge in [0.25, 0.3) is 0 Å². The Bertz CT molecular complexity index is 613. The van der Waals surface area contributed by atoms with E-state index in [1.54, 1.807) is 23.5 Å². The summed E-state index contributed by atoms with van der Waals surface area (Å²) in [4.78, 5) is 16.3. The van der Waals surface area contributed by atoms with E-state index in [1.807, 2.05) is 31.4 Å². The van der Waals surface area contributed by atoms with E-state index in [9.17, 15) is 4.79 Å². The minimum absolute atomic E-state index is 0.0119. The predicted molar refractivity (Wildman–Crippen MR) is 89.6 cm³/mol. The van der Waals surface area contributed by atoms with E-state index >= 15 is 0 Å². The summed E-state index contributed by atoms with van der Waals surface area (Å²) in [6.45, 7) is 4.40. The van der Waals surface area contributed by atoms with Crippen LogP contribution in [0.5, 0.6) is 5.75 Å². The van der Waals surface area contributed by atoms with Crippen molar-refractivity contribution in [3.8, 4) is 5.75 Å². The minimum atomic E-state index is -0.0605.